The fourth-order valence-electron chi connectivity index (χ4n) is 2.39. The van der Waals surface area contributed by atoms with Crippen molar-refractivity contribution in [3.8, 4) is 27.8 Å². The van der Waals surface area contributed by atoms with Crippen molar-refractivity contribution in [2.24, 2.45) is 0 Å². The summed E-state index contributed by atoms with van der Waals surface area (Å²) in [6.45, 7) is 0.122. The lowest BCUT2D eigenvalue weighted by Gasteiger charge is -1.99. The molecule has 10 heteroatoms. The quantitative estimate of drug-likeness (QED) is 0.506. The van der Waals surface area contributed by atoms with Crippen molar-refractivity contribution in [2.75, 3.05) is 7.11 Å². The molecule has 0 spiro atoms. The number of rotatable bonds is 7. The Hall–Kier alpha value is -3.53. The van der Waals surface area contributed by atoms with Crippen molar-refractivity contribution in [3.05, 3.63) is 53.6 Å². The average Bonchev–Trinajstić information content (AvgIpc) is 3.47. The van der Waals surface area contributed by atoms with E-state index in [4.69, 9.17) is 13.8 Å². The smallest absolute Gasteiger partial charge is 0.246 e. The molecule has 3 heterocycles. The van der Waals surface area contributed by atoms with E-state index in [2.05, 4.69) is 25.6 Å². The Balaban J connectivity index is 1.32. The number of ether oxygens (including phenoxy) is 1. The normalized spacial score (nSPS) is 10.8. The first-order chi connectivity index (χ1) is 13.7. The average molecular weight is 397 g/mol. The topological polar surface area (TPSA) is 116 Å². The number of methoxy groups -OCH3 is 1. The third-order valence-corrected chi connectivity index (χ3v) is 4.64. The van der Waals surface area contributed by atoms with Crippen molar-refractivity contribution in [1.82, 2.24) is 25.6 Å². The van der Waals surface area contributed by atoms with Gasteiger partial charge in [-0.3, -0.25) is 4.79 Å². The largest absolute Gasteiger partial charge is 0.497 e. The SMILES string of the molecule is COc1ccc(-c2noc(CC(=O)NCc3nc(-c4cccs4)no3)n2)cc1. The Kier molecular flexibility index (Phi) is 5.11. The molecule has 0 radical (unpaired) electrons. The van der Waals surface area contributed by atoms with Gasteiger partial charge in [0.1, 0.15) is 12.2 Å². The lowest BCUT2D eigenvalue weighted by atomic mass is 10.2. The Morgan fingerprint density at radius 2 is 1.82 bits per heavy atom. The van der Waals surface area contributed by atoms with E-state index < -0.39 is 0 Å². The molecule has 0 fully saturated rings. The van der Waals surface area contributed by atoms with Crippen LogP contribution in [0.1, 0.15) is 11.8 Å². The van der Waals surface area contributed by atoms with E-state index in [1.165, 1.54) is 11.3 Å². The summed E-state index contributed by atoms with van der Waals surface area (Å²) < 4.78 is 15.4. The lowest BCUT2D eigenvalue weighted by molar-refractivity contribution is -0.121. The van der Waals surface area contributed by atoms with Crippen LogP contribution >= 0.6 is 11.3 Å². The van der Waals surface area contributed by atoms with E-state index in [-0.39, 0.29) is 24.8 Å². The molecule has 0 aliphatic rings. The molecule has 4 rings (SSSR count). The van der Waals surface area contributed by atoms with Crippen LogP contribution in [0.25, 0.3) is 22.1 Å². The van der Waals surface area contributed by atoms with E-state index in [0.717, 1.165) is 16.2 Å². The lowest BCUT2D eigenvalue weighted by Crippen LogP contribution is -2.24. The van der Waals surface area contributed by atoms with Gasteiger partial charge in [0.2, 0.25) is 29.3 Å². The zero-order chi connectivity index (χ0) is 19.3. The summed E-state index contributed by atoms with van der Waals surface area (Å²) in [4.78, 5) is 21.5. The van der Waals surface area contributed by atoms with Gasteiger partial charge in [0.15, 0.2) is 0 Å². The summed E-state index contributed by atoms with van der Waals surface area (Å²) in [5, 5.41) is 12.4. The molecule has 3 aromatic heterocycles. The number of amides is 1. The zero-order valence-electron chi connectivity index (χ0n) is 14.8. The molecule has 0 bridgehead atoms. The predicted molar refractivity (Wildman–Crippen MR) is 99.4 cm³/mol. The van der Waals surface area contributed by atoms with E-state index in [0.29, 0.717) is 17.5 Å². The number of nitrogens with zero attached hydrogens (tertiary/aromatic N) is 4. The van der Waals surface area contributed by atoms with Crippen LogP contribution in [0.15, 0.2) is 50.8 Å². The van der Waals surface area contributed by atoms with E-state index in [9.17, 15) is 4.79 Å². The highest BCUT2D eigenvalue weighted by Gasteiger charge is 2.14. The van der Waals surface area contributed by atoms with Gasteiger partial charge in [0.25, 0.3) is 0 Å². The maximum absolute atomic E-state index is 12.1. The monoisotopic (exact) mass is 397 g/mol. The molecule has 0 aliphatic carbocycles. The van der Waals surface area contributed by atoms with Crippen molar-refractivity contribution >= 4 is 17.2 Å². The molecule has 142 valence electrons. The number of hydrogen-bond acceptors (Lipinski definition) is 9. The number of hydrogen-bond donors (Lipinski definition) is 1. The van der Waals surface area contributed by atoms with Gasteiger partial charge < -0.3 is 19.1 Å². The van der Waals surface area contributed by atoms with Gasteiger partial charge in [-0.1, -0.05) is 16.4 Å². The maximum Gasteiger partial charge on any atom is 0.246 e. The van der Waals surface area contributed by atoms with Crippen molar-refractivity contribution in [3.63, 3.8) is 0 Å². The van der Waals surface area contributed by atoms with Crippen LogP contribution in [-0.2, 0) is 17.8 Å². The second-order valence-electron chi connectivity index (χ2n) is 5.68. The van der Waals surface area contributed by atoms with Gasteiger partial charge >= 0.3 is 0 Å². The van der Waals surface area contributed by atoms with Crippen LogP contribution in [0.3, 0.4) is 0 Å². The first-order valence-corrected chi connectivity index (χ1v) is 9.19. The minimum atomic E-state index is -0.291. The number of carbonyl (C=O) groups excluding carboxylic acids is 1. The number of nitrogens with one attached hydrogen (secondary N) is 1. The molecule has 1 aromatic carbocycles. The molecular weight excluding hydrogens is 382 g/mol. The van der Waals surface area contributed by atoms with Gasteiger partial charge in [-0.25, -0.2) is 0 Å². The van der Waals surface area contributed by atoms with Crippen LogP contribution in [0.2, 0.25) is 0 Å². The Bertz CT molecular complexity index is 1060. The molecule has 0 unspecified atom stereocenters. The second-order valence-corrected chi connectivity index (χ2v) is 6.63. The number of thiophene rings is 1. The molecule has 0 aliphatic heterocycles. The highest BCUT2D eigenvalue weighted by molar-refractivity contribution is 7.13. The highest BCUT2D eigenvalue weighted by Crippen LogP contribution is 2.21. The molecule has 0 saturated carbocycles. The van der Waals surface area contributed by atoms with Gasteiger partial charge in [-0.05, 0) is 35.7 Å². The number of aromatic nitrogens is 4. The van der Waals surface area contributed by atoms with Gasteiger partial charge in [0, 0.05) is 5.56 Å². The standard InChI is InChI=1S/C18H15N5O4S/c1-25-12-6-4-11(5-7-12)17-20-15(26-22-17)9-14(24)19-10-16-21-18(23-27-16)13-3-2-8-28-13/h2-8H,9-10H2,1H3,(H,19,24). The molecule has 1 N–H and O–H groups in total. The summed E-state index contributed by atoms with van der Waals surface area (Å²) in [7, 11) is 1.59. The van der Waals surface area contributed by atoms with Gasteiger partial charge in [-0.15, -0.1) is 11.3 Å². The molecule has 4 aromatic rings. The summed E-state index contributed by atoms with van der Waals surface area (Å²) in [5.41, 5.74) is 0.767. The Morgan fingerprint density at radius 3 is 2.57 bits per heavy atom. The third kappa shape index (κ3) is 4.07. The van der Waals surface area contributed by atoms with E-state index in [1.54, 1.807) is 19.2 Å². The number of carbonyl (C=O) groups is 1. The van der Waals surface area contributed by atoms with Crippen LogP contribution in [0, 0.1) is 0 Å². The molecule has 0 atom stereocenters. The first kappa shape index (κ1) is 17.9. The Labute approximate surface area is 163 Å². The maximum atomic E-state index is 12.1. The number of benzene rings is 1. The molecule has 0 saturated heterocycles. The summed E-state index contributed by atoms with van der Waals surface area (Å²) in [6.07, 6.45) is -0.0466. The summed E-state index contributed by atoms with van der Waals surface area (Å²) in [5.74, 6) is 1.88. The van der Waals surface area contributed by atoms with E-state index in [1.807, 2.05) is 29.6 Å². The van der Waals surface area contributed by atoms with Crippen LogP contribution in [-0.4, -0.2) is 33.3 Å². The first-order valence-electron chi connectivity index (χ1n) is 8.31. The Morgan fingerprint density at radius 1 is 1.07 bits per heavy atom. The van der Waals surface area contributed by atoms with Crippen molar-refractivity contribution in [1.29, 1.82) is 0 Å². The van der Waals surface area contributed by atoms with Gasteiger partial charge in [-0.2, -0.15) is 9.97 Å². The van der Waals surface area contributed by atoms with Crippen molar-refractivity contribution in [2.45, 2.75) is 13.0 Å². The molecule has 28 heavy (non-hydrogen) atoms. The van der Waals surface area contributed by atoms with Crippen LogP contribution < -0.4 is 10.1 Å². The fourth-order valence-corrected chi connectivity index (χ4v) is 3.04. The van der Waals surface area contributed by atoms with Crippen LogP contribution in [0.4, 0.5) is 0 Å². The molecule has 1 amide bonds. The van der Waals surface area contributed by atoms with Gasteiger partial charge in [0.05, 0.1) is 18.5 Å². The van der Waals surface area contributed by atoms with Crippen molar-refractivity contribution < 1.29 is 18.6 Å². The predicted octanol–water partition coefficient (Wildman–Crippen LogP) is 2.72. The minimum Gasteiger partial charge on any atom is -0.497 e. The summed E-state index contributed by atoms with van der Waals surface area (Å²) >= 11 is 1.51. The fraction of sp³-hybridized carbons (Fsp3) is 0.167. The molecule has 9 nitrogen and oxygen atoms in total. The highest BCUT2D eigenvalue weighted by atomic mass is 32.1. The van der Waals surface area contributed by atoms with E-state index >= 15 is 0 Å². The zero-order valence-corrected chi connectivity index (χ0v) is 15.6. The second kappa shape index (κ2) is 8.01. The summed E-state index contributed by atoms with van der Waals surface area (Å²) in [6, 6.07) is 11.0. The third-order valence-electron chi connectivity index (χ3n) is 3.77. The molecular formula is C18H15N5O4S. The van der Waals surface area contributed by atoms with Crippen LogP contribution in [0.5, 0.6) is 5.75 Å². The minimum absolute atomic E-state index is 0.0466.